The van der Waals surface area contributed by atoms with Crippen LogP contribution in [0, 0.1) is 0 Å². The van der Waals surface area contributed by atoms with E-state index >= 15 is 0 Å². The third kappa shape index (κ3) is 5.92. The molecule has 0 fully saturated rings. The van der Waals surface area contributed by atoms with Crippen molar-refractivity contribution >= 4 is 10.1 Å². The van der Waals surface area contributed by atoms with E-state index in [0.717, 1.165) is 11.1 Å². The van der Waals surface area contributed by atoms with E-state index in [1.807, 2.05) is 18.2 Å². The summed E-state index contributed by atoms with van der Waals surface area (Å²) in [6, 6.07) is 6.00. The van der Waals surface area contributed by atoms with Gasteiger partial charge >= 0.3 is 15.6 Å². The number of para-hydroxylation sites is 1. The van der Waals surface area contributed by atoms with E-state index in [1.165, 1.54) is 0 Å². The van der Waals surface area contributed by atoms with E-state index in [2.05, 4.69) is 27.7 Å². The molecule has 0 saturated carbocycles. The molecule has 0 spiro atoms. The van der Waals surface area contributed by atoms with E-state index < -0.39 is 15.6 Å². The Hall–Kier alpha value is -1.28. The largest absolute Gasteiger partial charge is 0.522 e. The highest BCUT2D eigenvalue weighted by Crippen LogP contribution is 2.32. The maximum Gasteiger partial charge on any atom is 0.522 e. The summed E-state index contributed by atoms with van der Waals surface area (Å²) in [6.45, 7) is 8.39. The number of rotatable bonds is 2. The van der Waals surface area contributed by atoms with Crippen LogP contribution < -0.4 is 0 Å². The Labute approximate surface area is 122 Å². The molecule has 8 heteroatoms. The Morgan fingerprint density at radius 1 is 1.00 bits per heavy atom. The first-order valence-corrected chi connectivity index (χ1v) is 7.58. The van der Waals surface area contributed by atoms with Crippen molar-refractivity contribution in [1.29, 1.82) is 0 Å². The van der Waals surface area contributed by atoms with Gasteiger partial charge in [0.1, 0.15) is 5.75 Å². The minimum atomic E-state index is -5.84. The highest BCUT2D eigenvalue weighted by atomic mass is 32.2. The van der Waals surface area contributed by atoms with E-state index in [4.69, 9.17) is 13.0 Å². The average Bonchev–Trinajstić information content (AvgIpc) is 2.26. The Kier molecular flexibility index (Phi) is 6.69. The van der Waals surface area contributed by atoms with Gasteiger partial charge in [-0.05, 0) is 23.0 Å². The zero-order valence-electron chi connectivity index (χ0n) is 12.1. The zero-order chi connectivity index (χ0) is 17.0. The van der Waals surface area contributed by atoms with E-state index in [1.54, 1.807) is 0 Å². The van der Waals surface area contributed by atoms with Crippen LogP contribution in [-0.4, -0.2) is 23.6 Å². The van der Waals surface area contributed by atoms with Crippen LogP contribution in [0.5, 0.6) is 5.75 Å². The third-order valence-corrected chi connectivity index (χ3v) is 3.22. The molecule has 1 rings (SSSR count). The van der Waals surface area contributed by atoms with Gasteiger partial charge in [-0.2, -0.15) is 21.6 Å². The lowest BCUT2D eigenvalue weighted by Gasteiger charge is -2.14. The quantitative estimate of drug-likeness (QED) is 0.635. The molecule has 0 atom stereocenters. The predicted molar refractivity (Wildman–Crippen MR) is 73.9 cm³/mol. The van der Waals surface area contributed by atoms with Crippen molar-refractivity contribution in [3.63, 3.8) is 0 Å². The molecule has 0 aromatic heterocycles. The number of phenolic OH excluding ortho intramolecular Hbond substituents is 1. The summed E-state index contributed by atoms with van der Waals surface area (Å²) in [5, 5.41) is 9.93. The first-order valence-electron chi connectivity index (χ1n) is 6.14. The van der Waals surface area contributed by atoms with Gasteiger partial charge in [0.15, 0.2) is 0 Å². The fourth-order valence-electron chi connectivity index (χ4n) is 1.51. The number of hydrogen-bond donors (Lipinski definition) is 2. The lowest BCUT2D eigenvalue weighted by atomic mass is 9.94. The van der Waals surface area contributed by atoms with Crippen molar-refractivity contribution in [2.45, 2.75) is 45.0 Å². The van der Waals surface area contributed by atoms with Crippen molar-refractivity contribution in [3.8, 4) is 5.75 Å². The summed E-state index contributed by atoms with van der Waals surface area (Å²) in [7, 11) is -5.84. The molecule has 1 aromatic rings. The van der Waals surface area contributed by atoms with Crippen LogP contribution in [0.1, 0.15) is 50.7 Å². The minimum Gasteiger partial charge on any atom is -0.507 e. The van der Waals surface area contributed by atoms with Crippen molar-refractivity contribution in [2.24, 2.45) is 0 Å². The van der Waals surface area contributed by atoms with Crippen LogP contribution in [0.3, 0.4) is 0 Å². The van der Waals surface area contributed by atoms with Crippen molar-refractivity contribution in [1.82, 2.24) is 0 Å². The van der Waals surface area contributed by atoms with Gasteiger partial charge < -0.3 is 5.11 Å². The molecule has 0 heterocycles. The van der Waals surface area contributed by atoms with Crippen LogP contribution in [0.2, 0.25) is 0 Å². The van der Waals surface area contributed by atoms with E-state index in [-0.39, 0.29) is 0 Å². The molecular formula is C13H19F3O4S. The molecule has 2 N–H and O–H groups in total. The Bertz CT molecular complexity index is 537. The standard InChI is InChI=1S/C12H18O.CHF3O3S/c1-8(2)10-6-5-7-11(9(3)4)12(10)13;2-1(3,4)8(5,6)7/h5-9,13H,1-4H3;(H,5,6,7). The summed E-state index contributed by atoms with van der Waals surface area (Å²) in [4.78, 5) is 0. The molecule has 122 valence electrons. The molecule has 0 bridgehead atoms. The number of aromatic hydroxyl groups is 1. The maximum absolute atomic E-state index is 10.7. The fourth-order valence-corrected chi connectivity index (χ4v) is 1.51. The van der Waals surface area contributed by atoms with Gasteiger partial charge in [-0.15, -0.1) is 0 Å². The van der Waals surface area contributed by atoms with Crippen LogP contribution in [0.4, 0.5) is 13.2 Å². The van der Waals surface area contributed by atoms with Gasteiger partial charge in [-0.1, -0.05) is 45.9 Å². The summed E-state index contributed by atoms with van der Waals surface area (Å²) >= 11 is 0. The summed E-state index contributed by atoms with van der Waals surface area (Å²) < 4.78 is 57.5. The highest BCUT2D eigenvalue weighted by molar-refractivity contribution is 7.86. The second-order valence-electron chi connectivity index (χ2n) is 5.02. The second-order valence-corrected chi connectivity index (χ2v) is 6.43. The summed E-state index contributed by atoms with van der Waals surface area (Å²) in [5.74, 6) is 1.25. The third-order valence-electron chi connectivity index (χ3n) is 2.63. The van der Waals surface area contributed by atoms with Gasteiger partial charge in [0.25, 0.3) is 0 Å². The second kappa shape index (κ2) is 7.13. The normalized spacial score (nSPS) is 12.3. The van der Waals surface area contributed by atoms with Gasteiger partial charge in [-0.3, -0.25) is 4.55 Å². The molecule has 0 aliphatic heterocycles. The lowest BCUT2D eigenvalue weighted by molar-refractivity contribution is -0.0510. The molecule has 0 unspecified atom stereocenters. The molecule has 0 saturated heterocycles. The molecule has 0 aliphatic rings. The molecule has 1 aromatic carbocycles. The number of hydrogen-bond acceptors (Lipinski definition) is 3. The maximum atomic E-state index is 10.7. The average molecular weight is 328 g/mol. The zero-order valence-corrected chi connectivity index (χ0v) is 13.0. The SMILES string of the molecule is CC(C)c1cccc(C(C)C)c1O.O=S(=O)(O)C(F)(F)F. The van der Waals surface area contributed by atoms with Crippen LogP contribution in [-0.2, 0) is 10.1 Å². The molecule has 21 heavy (non-hydrogen) atoms. The molecule has 0 amide bonds. The number of alkyl halides is 3. The monoisotopic (exact) mass is 328 g/mol. The molecule has 0 aliphatic carbocycles. The van der Waals surface area contributed by atoms with E-state index in [9.17, 15) is 18.3 Å². The molecule has 0 radical (unpaired) electrons. The Morgan fingerprint density at radius 3 is 1.48 bits per heavy atom. The molecular weight excluding hydrogens is 309 g/mol. The van der Waals surface area contributed by atoms with Gasteiger partial charge in [0.2, 0.25) is 0 Å². The fraction of sp³-hybridized carbons (Fsp3) is 0.538. The van der Waals surface area contributed by atoms with Crippen LogP contribution in [0.25, 0.3) is 0 Å². The van der Waals surface area contributed by atoms with Gasteiger partial charge in [0, 0.05) is 0 Å². The lowest BCUT2D eigenvalue weighted by Crippen LogP contribution is -2.21. The van der Waals surface area contributed by atoms with Crippen LogP contribution >= 0.6 is 0 Å². The van der Waals surface area contributed by atoms with Gasteiger partial charge in [-0.25, -0.2) is 0 Å². The predicted octanol–water partition coefficient (Wildman–Crippen LogP) is 4.03. The Morgan fingerprint density at radius 2 is 1.29 bits per heavy atom. The smallest absolute Gasteiger partial charge is 0.507 e. The topological polar surface area (TPSA) is 74.6 Å². The summed E-state index contributed by atoms with van der Waals surface area (Å²) in [5.41, 5.74) is -3.44. The van der Waals surface area contributed by atoms with Crippen molar-refractivity contribution < 1.29 is 31.2 Å². The number of halogens is 3. The van der Waals surface area contributed by atoms with E-state index in [0.29, 0.717) is 17.6 Å². The Balaban J connectivity index is 0.000000433. The highest BCUT2D eigenvalue weighted by Gasteiger charge is 2.44. The minimum absolute atomic E-state index is 0.388. The first-order chi connectivity index (χ1) is 9.29. The number of phenols is 1. The van der Waals surface area contributed by atoms with Gasteiger partial charge in [0.05, 0.1) is 0 Å². The first kappa shape index (κ1) is 19.7. The summed E-state index contributed by atoms with van der Waals surface area (Å²) in [6.07, 6.45) is 0. The molecule has 4 nitrogen and oxygen atoms in total. The van der Waals surface area contributed by atoms with Crippen molar-refractivity contribution in [2.75, 3.05) is 0 Å². The van der Waals surface area contributed by atoms with Crippen LogP contribution in [0.15, 0.2) is 18.2 Å². The number of benzene rings is 1. The van der Waals surface area contributed by atoms with Crippen molar-refractivity contribution in [3.05, 3.63) is 29.3 Å².